The number of carbonyl (C=O) groups excluding carboxylic acids is 1. The lowest BCUT2D eigenvalue weighted by Gasteiger charge is -2.21. The summed E-state index contributed by atoms with van der Waals surface area (Å²) in [5.74, 6) is -0.407. The van der Waals surface area contributed by atoms with Crippen molar-refractivity contribution in [2.45, 2.75) is 26.2 Å². The van der Waals surface area contributed by atoms with Crippen LogP contribution in [-0.2, 0) is 4.79 Å². The zero-order valence-corrected chi connectivity index (χ0v) is 10.0. The fraction of sp³-hybridized carbons (Fsp3) is 0.462. The SMILES string of the molecule is CCC(=O)Nc1cc(F)ccc1N1CCCC1. The highest BCUT2D eigenvalue weighted by Gasteiger charge is 2.17. The topological polar surface area (TPSA) is 32.3 Å². The van der Waals surface area contributed by atoms with E-state index in [1.807, 2.05) is 0 Å². The maximum absolute atomic E-state index is 13.2. The first-order valence-electron chi connectivity index (χ1n) is 6.05. The first-order valence-corrected chi connectivity index (χ1v) is 6.05. The molecule has 1 aliphatic heterocycles. The summed E-state index contributed by atoms with van der Waals surface area (Å²) >= 11 is 0. The van der Waals surface area contributed by atoms with E-state index in [-0.39, 0.29) is 11.7 Å². The van der Waals surface area contributed by atoms with Crippen molar-refractivity contribution in [3.8, 4) is 0 Å². The largest absolute Gasteiger partial charge is 0.370 e. The van der Waals surface area contributed by atoms with E-state index >= 15 is 0 Å². The second-order valence-electron chi connectivity index (χ2n) is 4.26. The molecule has 1 N–H and O–H groups in total. The molecule has 0 spiro atoms. The fourth-order valence-corrected chi connectivity index (χ4v) is 2.08. The lowest BCUT2D eigenvalue weighted by molar-refractivity contribution is -0.115. The minimum absolute atomic E-state index is 0.0870. The monoisotopic (exact) mass is 236 g/mol. The zero-order valence-electron chi connectivity index (χ0n) is 10.0. The summed E-state index contributed by atoms with van der Waals surface area (Å²) in [6.45, 7) is 3.73. The number of hydrogen-bond donors (Lipinski definition) is 1. The molecule has 4 heteroatoms. The van der Waals surface area contributed by atoms with Gasteiger partial charge in [-0.05, 0) is 31.0 Å². The third kappa shape index (κ3) is 2.75. The number of benzene rings is 1. The van der Waals surface area contributed by atoms with Crippen LogP contribution >= 0.6 is 0 Å². The molecule has 1 fully saturated rings. The summed E-state index contributed by atoms with van der Waals surface area (Å²) in [4.78, 5) is 13.6. The Morgan fingerprint density at radius 2 is 2.12 bits per heavy atom. The molecule has 0 unspecified atom stereocenters. The highest BCUT2D eigenvalue weighted by molar-refractivity contribution is 5.94. The van der Waals surface area contributed by atoms with E-state index in [2.05, 4.69) is 10.2 Å². The van der Waals surface area contributed by atoms with Crippen molar-refractivity contribution in [1.82, 2.24) is 0 Å². The van der Waals surface area contributed by atoms with E-state index in [9.17, 15) is 9.18 Å². The zero-order chi connectivity index (χ0) is 12.3. The average Bonchev–Trinajstić information content (AvgIpc) is 2.82. The Labute approximate surface area is 101 Å². The first kappa shape index (κ1) is 11.9. The van der Waals surface area contributed by atoms with Crippen LogP contribution in [0.5, 0.6) is 0 Å². The van der Waals surface area contributed by atoms with Crippen molar-refractivity contribution in [1.29, 1.82) is 0 Å². The average molecular weight is 236 g/mol. The minimum atomic E-state index is -0.320. The molecule has 1 aromatic rings. The van der Waals surface area contributed by atoms with Crippen molar-refractivity contribution in [3.05, 3.63) is 24.0 Å². The second kappa shape index (κ2) is 5.17. The van der Waals surface area contributed by atoms with Gasteiger partial charge in [-0.3, -0.25) is 4.79 Å². The van der Waals surface area contributed by atoms with Gasteiger partial charge in [0.1, 0.15) is 5.82 Å². The van der Waals surface area contributed by atoms with E-state index in [0.717, 1.165) is 31.6 Å². The normalized spacial score (nSPS) is 15.1. The number of rotatable bonds is 3. The van der Waals surface area contributed by atoms with E-state index in [1.54, 1.807) is 13.0 Å². The maximum atomic E-state index is 13.2. The van der Waals surface area contributed by atoms with Gasteiger partial charge in [-0.1, -0.05) is 6.92 Å². The summed E-state index contributed by atoms with van der Waals surface area (Å²) in [5.41, 5.74) is 1.50. The Bertz CT molecular complexity index is 414. The molecule has 1 aliphatic rings. The Morgan fingerprint density at radius 3 is 2.76 bits per heavy atom. The van der Waals surface area contributed by atoms with Crippen molar-refractivity contribution < 1.29 is 9.18 Å². The molecule has 0 aromatic heterocycles. The summed E-state index contributed by atoms with van der Waals surface area (Å²) < 4.78 is 13.2. The summed E-state index contributed by atoms with van der Waals surface area (Å²) in [6, 6.07) is 4.57. The molecule has 1 heterocycles. The van der Waals surface area contributed by atoms with Gasteiger partial charge in [0, 0.05) is 19.5 Å². The minimum Gasteiger partial charge on any atom is -0.370 e. The van der Waals surface area contributed by atoms with Crippen LogP contribution in [0.3, 0.4) is 0 Å². The Balaban J connectivity index is 2.26. The number of nitrogens with zero attached hydrogens (tertiary/aromatic N) is 1. The predicted molar refractivity (Wildman–Crippen MR) is 66.8 cm³/mol. The van der Waals surface area contributed by atoms with Crippen LogP contribution in [0.15, 0.2) is 18.2 Å². The number of nitrogens with one attached hydrogen (secondary N) is 1. The molecule has 92 valence electrons. The van der Waals surface area contributed by atoms with Crippen LogP contribution in [0.1, 0.15) is 26.2 Å². The van der Waals surface area contributed by atoms with E-state index < -0.39 is 0 Å². The number of carbonyl (C=O) groups is 1. The van der Waals surface area contributed by atoms with Crippen LogP contribution in [-0.4, -0.2) is 19.0 Å². The number of amides is 1. The van der Waals surface area contributed by atoms with Gasteiger partial charge in [-0.2, -0.15) is 0 Å². The predicted octanol–water partition coefficient (Wildman–Crippen LogP) is 2.77. The van der Waals surface area contributed by atoms with Crippen LogP contribution in [0.4, 0.5) is 15.8 Å². The molecule has 0 radical (unpaired) electrons. The van der Waals surface area contributed by atoms with Crippen molar-refractivity contribution in [2.24, 2.45) is 0 Å². The molecule has 0 bridgehead atoms. The molecule has 0 saturated carbocycles. The molecular formula is C13H17FN2O. The third-order valence-electron chi connectivity index (χ3n) is 3.00. The lowest BCUT2D eigenvalue weighted by atomic mass is 10.2. The molecule has 1 amide bonds. The standard InChI is InChI=1S/C13H17FN2O/c1-2-13(17)15-11-9-10(14)5-6-12(11)16-7-3-4-8-16/h5-6,9H,2-4,7-8H2,1H3,(H,15,17). The molecule has 0 aliphatic carbocycles. The highest BCUT2D eigenvalue weighted by atomic mass is 19.1. The summed E-state index contributed by atoms with van der Waals surface area (Å²) in [7, 11) is 0. The van der Waals surface area contributed by atoms with Gasteiger partial charge in [0.15, 0.2) is 0 Å². The smallest absolute Gasteiger partial charge is 0.224 e. The molecule has 1 saturated heterocycles. The van der Waals surface area contributed by atoms with Crippen LogP contribution in [0, 0.1) is 5.82 Å². The molecule has 2 rings (SSSR count). The molecule has 17 heavy (non-hydrogen) atoms. The first-order chi connectivity index (χ1) is 8.20. The van der Waals surface area contributed by atoms with Gasteiger partial charge < -0.3 is 10.2 Å². The molecular weight excluding hydrogens is 219 g/mol. The van der Waals surface area contributed by atoms with E-state index in [4.69, 9.17) is 0 Å². The van der Waals surface area contributed by atoms with Gasteiger partial charge in [0.05, 0.1) is 11.4 Å². The van der Waals surface area contributed by atoms with Crippen molar-refractivity contribution >= 4 is 17.3 Å². The highest BCUT2D eigenvalue weighted by Crippen LogP contribution is 2.29. The number of anilines is 2. The Kier molecular flexibility index (Phi) is 3.61. The van der Waals surface area contributed by atoms with Crippen molar-refractivity contribution in [3.63, 3.8) is 0 Å². The lowest BCUT2D eigenvalue weighted by Crippen LogP contribution is -2.21. The maximum Gasteiger partial charge on any atom is 0.224 e. The molecule has 3 nitrogen and oxygen atoms in total. The van der Waals surface area contributed by atoms with E-state index in [0.29, 0.717) is 12.1 Å². The van der Waals surface area contributed by atoms with Gasteiger partial charge in [-0.25, -0.2) is 4.39 Å². The third-order valence-corrected chi connectivity index (χ3v) is 3.00. The quantitative estimate of drug-likeness (QED) is 0.875. The van der Waals surface area contributed by atoms with Crippen LogP contribution in [0.25, 0.3) is 0 Å². The van der Waals surface area contributed by atoms with Gasteiger partial charge in [-0.15, -0.1) is 0 Å². The number of hydrogen-bond acceptors (Lipinski definition) is 2. The number of halogens is 1. The Morgan fingerprint density at radius 1 is 1.41 bits per heavy atom. The van der Waals surface area contributed by atoms with Gasteiger partial charge >= 0.3 is 0 Å². The molecule has 0 atom stereocenters. The fourth-order valence-electron chi connectivity index (χ4n) is 2.08. The molecule has 1 aromatic carbocycles. The van der Waals surface area contributed by atoms with Gasteiger partial charge in [0.25, 0.3) is 0 Å². The Hall–Kier alpha value is -1.58. The second-order valence-corrected chi connectivity index (χ2v) is 4.26. The van der Waals surface area contributed by atoms with E-state index in [1.165, 1.54) is 12.1 Å². The van der Waals surface area contributed by atoms with Crippen molar-refractivity contribution in [2.75, 3.05) is 23.3 Å². The summed E-state index contributed by atoms with van der Waals surface area (Å²) in [5, 5.41) is 2.76. The van der Waals surface area contributed by atoms with Crippen LogP contribution in [0.2, 0.25) is 0 Å². The van der Waals surface area contributed by atoms with Crippen LogP contribution < -0.4 is 10.2 Å². The summed E-state index contributed by atoms with van der Waals surface area (Å²) in [6.07, 6.45) is 2.70. The van der Waals surface area contributed by atoms with Gasteiger partial charge in [0.2, 0.25) is 5.91 Å².